The van der Waals surface area contributed by atoms with Crippen molar-refractivity contribution in [2.24, 2.45) is 11.7 Å². The molecule has 0 heterocycles. The zero-order chi connectivity index (χ0) is 15.5. The van der Waals surface area contributed by atoms with E-state index in [1.54, 1.807) is 6.07 Å². The smallest absolute Gasteiger partial charge is 0.328 e. The number of halogens is 4. The molecule has 0 bridgehead atoms. The summed E-state index contributed by atoms with van der Waals surface area (Å²) in [5, 5.41) is 2.63. The predicted molar refractivity (Wildman–Crippen MR) is 82.0 cm³/mol. The molecule has 1 aliphatic carbocycles. The van der Waals surface area contributed by atoms with Crippen molar-refractivity contribution in [3.8, 4) is 0 Å². The first-order valence-electron chi connectivity index (χ1n) is 7.06. The Morgan fingerprint density at radius 2 is 1.95 bits per heavy atom. The standard InChI is InChI=1S/C15H19F3N2O.ClH/c16-15(17,18)9-11-4-1-2-7-13(11)20-14(21)10-5-3-6-12(19)8-10;/h1-2,4,7,10,12H,3,5-6,8-9,19H2,(H,20,21);1H. The molecule has 1 aliphatic rings. The Balaban J connectivity index is 0.00000242. The van der Waals surface area contributed by atoms with Gasteiger partial charge >= 0.3 is 6.18 Å². The summed E-state index contributed by atoms with van der Waals surface area (Å²) in [5.41, 5.74) is 6.16. The predicted octanol–water partition coefficient (Wildman–Crippen LogP) is 3.67. The third-order valence-corrected chi connectivity index (χ3v) is 3.75. The third-order valence-electron chi connectivity index (χ3n) is 3.75. The molecule has 2 rings (SSSR count). The summed E-state index contributed by atoms with van der Waals surface area (Å²) < 4.78 is 37.6. The number of anilines is 1. The maximum atomic E-state index is 12.5. The summed E-state index contributed by atoms with van der Waals surface area (Å²) >= 11 is 0. The maximum absolute atomic E-state index is 12.5. The SMILES string of the molecule is Cl.NC1CCCC(C(=O)Nc2ccccc2CC(F)(F)F)C1. The van der Waals surface area contributed by atoms with Crippen LogP contribution in [0.5, 0.6) is 0 Å². The molecule has 2 atom stereocenters. The normalized spacial score (nSPS) is 21.8. The van der Waals surface area contributed by atoms with Gasteiger partial charge < -0.3 is 11.1 Å². The maximum Gasteiger partial charge on any atom is 0.393 e. The molecular formula is C15H20ClF3N2O. The monoisotopic (exact) mass is 336 g/mol. The lowest BCUT2D eigenvalue weighted by molar-refractivity contribution is -0.127. The highest BCUT2D eigenvalue weighted by atomic mass is 35.5. The number of carbonyl (C=O) groups is 1. The average molecular weight is 337 g/mol. The first-order chi connectivity index (χ1) is 9.85. The van der Waals surface area contributed by atoms with Gasteiger partial charge in [0, 0.05) is 17.6 Å². The Bertz CT molecular complexity index is 508. The van der Waals surface area contributed by atoms with Crippen LogP contribution in [0.15, 0.2) is 24.3 Å². The van der Waals surface area contributed by atoms with Crippen LogP contribution >= 0.6 is 12.4 Å². The van der Waals surface area contributed by atoms with Crippen molar-refractivity contribution in [3.63, 3.8) is 0 Å². The number of benzene rings is 1. The van der Waals surface area contributed by atoms with Gasteiger partial charge in [-0.3, -0.25) is 4.79 Å². The van der Waals surface area contributed by atoms with Gasteiger partial charge in [-0.2, -0.15) is 13.2 Å². The number of nitrogens with one attached hydrogen (secondary N) is 1. The van der Waals surface area contributed by atoms with Crippen LogP contribution in [0.4, 0.5) is 18.9 Å². The van der Waals surface area contributed by atoms with Crippen LogP contribution in [0, 0.1) is 5.92 Å². The second kappa shape index (κ2) is 7.83. The number of amides is 1. The van der Waals surface area contributed by atoms with Crippen molar-refractivity contribution in [1.82, 2.24) is 0 Å². The second-order valence-corrected chi connectivity index (χ2v) is 5.56. The van der Waals surface area contributed by atoms with Gasteiger partial charge in [-0.15, -0.1) is 12.4 Å². The van der Waals surface area contributed by atoms with Crippen molar-refractivity contribution < 1.29 is 18.0 Å². The van der Waals surface area contributed by atoms with Gasteiger partial charge in [0.15, 0.2) is 0 Å². The molecule has 0 saturated heterocycles. The topological polar surface area (TPSA) is 55.1 Å². The van der Waals surface area contributed by atoms with Gasteiger partial charge in [0.1, 0.15) is 0 Å². The molecule has 0 radical (unpaired) electrons. The molecule has 0 aromatic heterocycles. The first kappa shape index (κ1) is 18.8. The highest BCUT2D eigenvalue weighted by molar-refractivity contribution is 5.93. The fourth-order valence-electron chi connectivity index (χ4n) is 2.71. The number of carbonyl (C=O) groups excluding carboxylic acids is 1. The van der Waals surface area contributed by atoms with Crippen molar-refractivity contribution in [1.29, 1.82) is 0 Å². The van der Waals surface area contributed by atoms with Gasteiger partial charge in [-0.25, -0.2) is 0 Å². The molecule has 3 nitrogen and oxygen atoms in total. The van der Waals surface area contributed by atoms with Gasteiger partial charge in [0.25, 0.3) is 0 Å². The van der Waals surface area contributed by atoms with Crippen LogP contribution in [-0.2, 0) is 11.2 Å². The van der Waals surface area contributed by atoms with E-state index in [-0.39, 0.29) is 41.5 Å². The highest BCUT2D eigenvalue weighted by Gasteiger charge is 2.30. The van der Waals surface area contributed by atoms with Crippen LogP contribution < -0.4 is 11.1 Å². The van der Waals surface area contributed by atoms with E-state index >= 15 is 0 Å². The Morgan fingerprint density at radius 3 is 2.59 bits per heavy atom. The Labute approximate surface area is 133 Å². The number of para-hydroxylation sites is 1. The first-order valence-corrected chi connectivity index (χ1v) is 7.06. The van der Waals surface area contributed by atoms with Gasteiger partial charge in [0.05, 0.1) is 6.42 Å². The second-order valence-electron chi connectivity index (χ2n) is 5.56. The molecule has 7 heteroatoms. The minimum Gasteiger partial charge on any atom is -0.328 e. The quantitative estimate of drug-likeness (QED) is 0.885. The number of alkyl halides is 3. The molecule has 3 N–H and O–H groups in total. The van der Waals surface area contributed by atoms with Crippen molar-refractivity contribution in [2.75, 3.05) is 5.32 Å². The molecule has 1 saturated carbocycles. The highest BCUT2D eigenvalue weighted by Crippen LogP contribution is 2.28. The van der Waals surface area contributed by atoms with E-state index in [0.29, 0.717) is 6.42 Å². The van der Waals surface area contributed by atoms with Crippen molar-refractivity contribution >= 4 is 24.0 Å². The molecule has 124 valence electrons. The Hall–Kier alpha value is -1.27. The lowest BCUT2D eigenvalue weighted by atomic mass is 9.85. The van der Waals surface area contributed by atoms with Crippen LogP contribution in [0.3, 0.4) is 0 Å². The van der Waals surface area contributed by atoms with Crippen molar-refractivity contribution in [2.45, 2.75) is 44.3 Å². The summed E-state index contributed by atoms with van der Waals surface area (Å²) in [6, 6.07) is 6.03. The average Bonchev–Trinajstić information content (AvgIpc) is 2.39. The van der Waals surface area contributed by atoms with Gasteiger partial charge in [0.2, 0.25) is 5.91 Å². The number of nitrogens with two attached hydrogens (primary N) is 1. The molecule has 1 fully saturated rings. The molecule has 2 unspecified atom stereocenters. The summed E-state index contributed by atoms with van der Waals surface area (Å²) in [6.45, 7) is 0. The number of rotatable bonds is 3. The van der Waals surface area contributed by atoms with Crippen LogP contribution in [0.2, 0.25) is 0 Å². The molecule has 1 amide bonds. The van der Waals surface area contributed by atoms with Crippen molar-refractivity contribution in [3.05, 3.63) is 29.8 Å². The minimum atomic E-state index is -4.30. The molecule has 0 spiro atoms. The fourth-order valence-corrected chi connectivity index (χ4v) is 2.71. The van der Waals surface area contributed by atoms with Crippen LogP contribution in [0.1, 0.15) is 31.2 Å². The number of hydrogen-bond donors (Lipinski definition) is 2. The van der Waals surface area contributed by atoms with E-state index in [9.17, 15) is 18.0 Å². The molecule has 1 aromatic rings. The van der Waals surface area contributed by atoms with Gasteiger partial charge in [-0.05, 0) is 30.9 Å². The zero-order valence-electron chi connectivity index (χ0n) is 12.0. The largest absolute Gasteiger partial charge is 0.393 e. The van der Waals surface area contributed by atoms with E-state index in [1.807, 2.05) is 0 Å². The Morgan fingerprint density at radius 1 is 1.27 bits per heavy atom. The molecule has 1 aromatic carbocycles. The van der Waals surface area contributed by atoms with Crippen LogP contribution in [-0.4, -0.2) is 18.1 Å². The van der Waals surface area contributed by atoms with Gasteiger partial charge in [-0.1, -0.05) is 24.6 Å². The fraction of sp³-hybridized carbons (Fsp3) is 0.533. The van der Waals surface area contributed by atoms with E-state index in [1.165, 1.54) is 18.2 Å². The summed E-state index contributed by atoms with van der Waals surface area (Å²) in [6.07, 6.45) is -2.24. The van der Waals surface area contributed by atoms with E-state index in [2.05, 4.69) is 5.32 Å². The van der Waals surface area contributed by atoms with E-state index in [4.69, 9.17) is 5.73 Å². The van der Waals surface area contributed by atoms with Crippen LogP contribution in [0.25, 0.3) is 0 Å². The summed E-state index contributed by atoms with van der Waals surface area (Å²) in [5.74, 6) is -0.451. The summed E-state index contributed by atoms with van der Waals surface area (Å²) in [4.78, 5) is 12.2. The van der Waals surface area contributed by atoms with E-state index < -0.39 is 12.6 Å². The Kier molecular flexibility index (Phi) is 6.68. The number of hydrogen-bond acceptors (Lipinski definition) is 2. The molecular weight excluding hydrogens is 317 g/mol. The lowest BCUT2D eigenvalue weighted by Gasteiger charge is -2.26. The van der Waals surface area contributed by atoms with E-state index in [0.717, 1.165) is 19.3 Å². The third kappa shape index (κ3) is 5.50. The molecule has 0 aliphatic heterocycles. The summed E-state index contributed by atoms with van der Waals surface area (Å²) in [7, 11) is 0. The lowest BCUT2D eigenvalue weighted by Crippen LogP contribution is -2.34. The zero-order valence-corrected chi connectivity index (χ0v) is 12.8. The molecule has 22 heavy (non-hydrogen) atoms. The minimum absolute atomic E-state index is 0.